The Kier molecular flexibility index (Phi) is 5.10. The zero-order valence-corrected chi connectivity index (χ0v) is 17.4. The van der Waals surface area contributed by atoms with E-state index in [1.54, 1.807) is 0 Å². The highest BCUT2D eigenvalue weighted by Crippen LogP contribution is 2.26. The van der Waals surface area contributed by atoms with Gasteiger partial charge in [0.2, 0.25) is 5.89 Å². The van der Waals surface area contributed by atoms with Gasteiger partial charge in [0.15, 0.2) is 11.6 Å². The van der Waals surface area contributed by atoms with Gasteiger partial charge in [0.05, 0.1) is 5.75 Å². The van der Waals surface area contributed by atoms with Crippen molar-refractivity contribution in [3.05, 3.63) is 64.7 Å². The molecule has 4 aromatic rings. The number of thioether (sulfide) groups is 1. The van der Waals surface area contributed by atoms with Crippen LogP contribution in [-0.2, 0) is 0 Å². The van der Waals surface area contributed by atoms with Crippen LogP contribution in [0.5, 0.6) is 0 Å². The van der Waals surface area contributed by atoms with Crippen LogP contribution < -0.4 is 0 Å². The highest BCUT2D eigenvalue weighted by atomic mass is 32.2. The number of Topliss-reactive ketones (excluding diaryl/α,β-unsaturated/α-hetero) is 1. The molecule has 3 aromatic heterocycles. The summed E-state index contributed by atoms with van der Waals surface area (Å²) in [5.74, 6) is 2.03. The lowest BCUT2D eigenvalue weighted by Crippen LogP contribution is -2.05. The fourth-order valence-electron chi connectivity index (χ4n) is 3.14. The number of benzene rings is 1. The summed E-state index contributed by atoms with van der Waals surface area (Å²) in [6, 6.07) is 11.6. The molecule has 0 bridgehead atoms. The van der Waals surface area contributed by atoms with Gasteiger partial charge in [0.1, 0.15) is 5.76 Å². The lowest BCUT2D eigenvalue weighted by Gasteiger charge is -2.04. The van der Waals surface area contributed by atoms with Crippen LogP contribution in [0, 0.1) is 27.7 Å². The molecule has 0 amide bonds. The predicted molar refractivity (Wildman–Crippen MR) is 110 cm³/mol. The minimum Gasteiger partial charge on any atom is -0.411 e. The second-order valence-corrected chi connectivity index (χ2v) is 7.79. The van der Waals surface area contributed by atoms with Crippen LogP contribution in [0.15, 0.2) is 50.6 Å². The monoisotopic (exact) mass is 408 g/mol. The molecular formula is C21H20N4O3S. The van der Waals surface area contributed by atoms with E-state index in [1.165, 1.54) is 11.8 Å². The predicted octanol–water partition coefficient (Wildman–Crippen LogP) is 4.72. The van der Waals surface area contributed by atoms with Gasteiger partial charge in [0.25, 0.3) is 5.22 Å². The smallest absolute Gasteiger partial charge is 0.277 e. The molecule has 148 valence electrons. The highest BCUT2D eigenvalue weighted by Gasteiger charge is 2.19. The molecule has 0 fully saturated rings. The molecule has 1 aromatic carbocycles. The SMILES string of the molecule is Cc1ccc(-c2nnc(SCC(=O)c3cc(C)n(-c4cc(C)on4)c3C)o2)cc1. The van der Waals surface area contributed by atoms with Crippen LogP contribution in [0.1, 0.15) is 33.1 Å². The summed E-state index contributed by atoms with van der Waals surface area (Å²) in [6.07, 6.45) is 0. The molecule has 4 rings (SSSR count). The van der Waals surface area contributed by atoms with Crippen LogP contribution in [0.25, 0.3) is 17.3 Å². The first-order valence-electron chi connectivity index (χ1n) is 9.11. The summed E-state index contributed by atoms with van der Waals surface area (Å²) in [6.45, 7) is 7.69. The standard InChI is InChI=1S/C21H20N4O3S/c1-12-5-7-16(8-6-12)20-22-23-21(27-20)29-11-18(26)17-9-13(2)25(15(17)4)19-10-14(3)28-24-19/h5-10H,11H2,1-4H3. The van der Waals surface area contributed by atoms with Crippen LogP contribution in [-0.4, -0.2) is 31.5 Å². The molecule has 7 nitrogen and oxygen atoms in total. The Balaban J connectivity index is 1.47. The van der Waals surface area contributed by atoms with Crippen LogP contribution in [0.4, 0.5) is 0 Å². The second kappa shape index (κ2) is 7.71. The molecule has 0 radical (unpaired) electrons. The number of carbonyl (C=O) groups is 1. The molecule has 0 aliphatic rings. The molecule has 0 saturated heterocycles. The average Bonchev–Trinajstić information content (AvgIpc) is 3.40. The quantitative estimate of drug-likeness (QED) is 0.337. The van der Waals surface area contributed by atoms with Gasteiger partial charge in [-0.3, -0.25) is 9.36 Å². The highest BCUT2D eigenvalue weighted by molar-refractivity contribution is 7.99. The van der Waals surface area contributed by atoms with Crippen LogP contribution in [0.2, 0.25) is 0 Å². The molecule has 0 atom stereocenters. The molecule has 0 aliphatic heterocycles. The van der Waals surface area contributed by atoms with E-state index in [2.05, 4.69) is 15.4 Å². The molecule has 8 heteroatoms. The average molecular weight is 408 g/mol. The van der Waals surface area contributed by atoms with Crippen molar-refractivity contribution in [2.45, 2.75) is 32.9 Å². The van der Waals surface area contributed by atoms with Gasteiger partial charge in [0, 0.05) is 28.6 Å². The van der Waals surface area contributed by atoms with Gasteiger partial charge >= 0.3 is 0 Å². The Hall–Kier alpha value is -3.13. The van der Waals surface area contributed by atoms with E-state index in [9.17, 15) is 4.79 Å². The van der Waals surface area contributed by atoms with Gasteiger partial charge in [-0.2, -0.15) is 0 Å². The van der Waals surface area contributed by atoms with Crippen molar-refractivity contribution < 1.29 is 13.7 Å². The lowest BCUT2D eigenvalue weighted by molar-refractivity contribution is 0.102. The molecule has 0 unspecified atom stereocenters. The zero-order chi connectivity index (χ0) is 20.5. The number of ketones is 1. The summed E-state index contributed by atoms with van der Waals surface area (Å²) < 4.78 is 12.8. The maximum Gasteiger partial charge on any atom is 0.277 e. The van der Waals surface area contributed by atoms with Crippen LogP contribution >= 0.6 is 11.8 Å². The van der Waals surface area contributed by atoms with Crippen LogP contribution in [0.3, 0.4) is 0 Å². The van der Waals surface area contributed by atoms with Crippen molar-refractivity contribution in [3.8, 4) is 17.3 Å². The topological polar surface area (TPSA) is 87.0 Å². The molecular weight excluding hydrogens is 388 g/mol. The van der Waals surface area contributed by atoms with Crippen molar-refractivity contribution in [3.63, 3.8) is 0 Å². The van der Waals surface area contributed by atoms with E-state index in [4.69, 9.17) is 8.94 Å². The number of aromatic nitrogens is 4. The molecule has 0 saturated carbocycles. The maximum absolute atomic E-state index is 12.8. The summed E-state index contributed by atoms with van der Waals surface area (Å²) in [7, 11) is 0. The molecule has 0 aliphatic carbocycles. The maximum atomic E-state index is 12.8. The first kappa shape index (κ1) is 19.2. The number of aryl methyl sites for hydroxylation is 3. The first-order chi connectivity index (χ1) is 13.9. The molecule has 0 N–H and O–H groups in total. The molecule has 29 heavy (non-hydrogen) atoms. The lowest BCUT2D eigenvalue weighted by atomic mass is 10.1. The van der Waals surface area contributed by atoms with E-state index in [1.807, 2.05) is 68.7 Å². The van der Waals surface area contributed by atoms with Crippen molar-refractivity contribution in [2.75, 3.05) is 5.75 Å². The first-order valence-corrected chi connectivity index (χ1v) is 10.1. The normalized spacial score (nSPS) is 11.2. The number of nitrogens with zero attached hydrogens (tertiary/aromatic N) is 4. The number of rotatable bonds is 6. The Labute approximate surface area is 172 Å². The Morgan fingerprint density at radius 2 is 1.83 bits per heavy atom. The van der Waals surface area contributed by atoms with E-state index in [-0.39, 0.29) is 11.5 Å². The van der Waals surface area contributed by atoms with Crippen molar-refractivity contribution in [1.29, 1.82) is 0 Å². The van der Waals surface area contributed by atoms with E-state index < -0.39 is 0 Å². The fraction of sp³-hybridized carbons (Fsp3) is 0.238. The van der Waals surface area contributed by atoms with Gasteiger partial charge < -0.3 is 8.94 Å². The zero-order valence-electron chi connectivity index (χ0n) is 16.6. The largest absolute Gasteiger partial charge is 0.411 e. The summed E-state index contributed by atoms with van der Waals surface area (Å²) in [5.41, 5.74) is 4.41. The van der Waals surface area contributed by atoms with Gasteiger partial charge in [-0.25, -0.2) is 0 Å². The number of carbonyl (C=O) groups excluding carboxylic acids is 1. The van der Waals surface area contributed by atoms with Gasteiger partial charge in [-0.05, 0) is 45.9 Å². The van der Waals surface area contributed by atoms with E-state index in [0.717, 1.165) is 28.3 Å². The minimum atomic E-state index is -0.00958. The fourth-order valence-corrected chi connectivity index (χ4v) is 3.79. The second-order valence-electron chi connectivity index (χ2n) is 6.87. The van der Waals surface area contributed by atoms with E-state index in [0.29, 0.717) is 22.5 Å². The number of hydrogen-bond donors (Lipinski definition) is 0. The Morgan fingerprint density at radius 3 is 2.52 bits per heavy atom. The Bertz CT molecular complexity index is 1170. The minimum absolute atomic E-state index is 0.00958. The number of hydrogen-bond acceptors (Lipinski definition) is 7. The summed E-state index contributed by atoms with van der Waals surface area (Å²) in [5, 5.41) is 12.5. The molecule has 3 heterocycles. The van der Waals surface area contributed by atoms with Gasteiger partial charge in [-0.1, -0.05) is 34.6 Å². The van der Waals surface area contributed by atoms with Gasteiger partial charge in [-0.15, -0.1) is 10.2 Å². The third-order valence-corrected chi connectivity index (χ3v) is 5.43. The molecule has 0 spiro atoms. The summed E-state index contributed by atoms with van der Waals surface area (Å²) in [4.78, 5) is 12.8. The van der Waals surface area contributed by atoms with Crippen molar-refractivity contribution >= 4 is 17.5 Å². The third kappa shape index (κ3) is 3.88. The Morgan fingerprint density at radius 1 is 1.07 bits per heavy atom. The summed E-state index contributed by atoms with van der Waals surface area (Å²) >= 11 is 1.23. The van der Waals surface area contributed by atoms with Crippen molar-refractivity contribution in [2.24, 2.45) is 0 Å². The van der Waals surface area contributed by atoms with E-state index >= 15 is 0 Å². The van der Waals surface area contributed by atoms with Crippen molar-refractivity contribution in [1.82, 2.24) is 19.9 Å². The third-order valence-electron chi connectivity index (χ3n) is 4.61.